The van der Waals surface area contributed by atoms with Gasteiger partial charge >= 0.3 is 0 Å². The summed E-state index contributed by atoms with van der Waals surface area (Å²) in [6.45, 7) is 2.25. The quantitative estimate of drug-likeness (QED) is 0.865. The first-order chi connectivity index (χ1) is 8.13. The number of carbonyl (C=O) groups excluding carboxylic acids is 1. The van der Waals surface area contributed by atoms with Crippen molar-refractivity contribution in [3.8, 4) is 0 Å². The van der Waals surface area contributed by atoms with E-state index in [4.69, 9.17) is 5.73 Å². The van der Waals surface area contributed by atoms with Crippen LogP contribution < -0.4 is 11.1 Å². The molecule has 3 N–H and O–H groups in total. The predicted molar refractivity (Wildman–Crippen MR) is 69.8 cm³/mol. The number of carbonyl (C=O) groups is 1. The highest BCUT2D eigenvalue weighted by Crippen LogP contribution is 2.23. The molecular formula is C12H19N3OS. The third-order valence-electron chi connectivity index (χ3n) is 3.21. The van der Waals surface area contributed by atoms with Crippen LogP contribution in [0.15, 0.2) is 5.38 Å². The lowest BCUT2D eigenvalue weighted by atomic mass is 9.87. The second-order valence-corrected chi connectivity index (χ2v) is 5.78. The molecule has 0 bridgehead atoms. The first-order valence-electron chi connectivity index (χ1n) is 6.12. The van der Waals surface area contributed by atoms with Crippen LogP contribution in [0.25, 0.3) is 0 Å². The van der Waals surface area contributed by atoms with Crippen LogP contribution in [-0.4, -0.2) is 16.9 Å². The molecular weight excluding hydrogens is 234 g/mol. The summed E-state index contributed by atoms with van der Waals surface area (Å²) in [7, 11) is 0. The number of nitrogens with two attached hydrogens (primary N) is 1. The minimum absolute atomic E-state index is 0.0643. The number of anilines is 1. The Morgan fingerprint density at radius 3 is 3.12 bits per heavy atom. The molecule has 2 rings (SSSR count). The normalized spacial score (nSPS) is 24.5. The molecule has 17 heavy (non-hydrogen) atoms. The number of hydrogen-bond donors (Lipinski definition) is 2. The van der Waals surface area contributed by atoms with E-state index in [2.05, 4.69) is 17.2 Å². The molecule has 1 fully saturated rings. The third kappa shape index (κ3) is 3.70. The second-order valence-electron chi connectivity index (χ2n) is 4.89. The first-order valence-corrected chi connectivity index (χ1v) is 7.00. The van der Waals surface area contributed by atoms with Crippen molar-refractivity contribution in [2.24, 2.45) is 5.92 Å². The average molecular weight is 253 g/mol. The zero-order chi connectivity index (χ0) is 12.3. The van der Waals surface area contributed by atoms with Gasteiger partial charge in [0.25, 0.3) is 0 Å². The number of nitrogens with one attached hydrogen (secondary N) is 1. The fourth-order valence-electron chi connectivity index (χ4n) is 2.41. The topological polar surface area (TPSA) is 68.0 Å². The Hall–Kier alpha value is -1.10. The second kappa shape index (κ2) is 5.49. The molecule has 1 aromatic rings. The Kier molecular flexibility index (Phi) is 3.99. The van der Waals surface area contributed by atoms with Crippen LogP contribution in [0, 0.1) is 5.92 Å². The van der Waals surface area contributed by atoms with Crippen molar-refractivity contribution in [1.29, 1.82) is 0 Å². The van der Waals surface area contributed by atoms with E-state index in [9.17, 15) is 4.79 Å². The van der Waals surface area contributed by atoms with Gasteiger partial charge in [0.15, 0.2) is 5.13 Å². The summed E-state index contributed by atoms with van der Waals surface area (Å²) in [6.07, 6.45) is 5.06. The number of amides is 1. The zero-order valence-electron chi connectivity index (χ0n) is 10.1. The van der Waals surface area contributed by atoms with Crippen molar-refractivity contribution in [1.82, 2.24) is 10.3 Å². The van der Waals surface area contributed by atoms with E-state index < -0.39 is 0 Å². The summed E-state index contributed by atoms with van der Waals surface area (Å²) in [4.78, 5) is 15.9. The van der Waals surface area contributed by atoms with Gasteiger partial charge in [-0.3, -0.25) is 4.79 Å². The molecule has 0 aliphatic heterocycles. The van der Waals surface area contributed by atoms with E-state index >= 15 is 0 Å². The molecule has 1 heterocycles. The molecule has 1 aliphatic rings. The van der Waals surface area contributed by atoms with Crippen molar-refractivity contribution in [3.05, 3.63) is 11.1 Å². The molecule has 1 aliphatic carbocycles. The summed E-state index contributed by atoms with van der Waals surface area (Å²) in [5.41, 5.74) is 6.30. The number of aromatic nitrogens is 1. The third-order valence-corrected chi connectivity index (χ3v) is 3.94. The number of thiazole rings is 1. The summed E-state index contributed by atoms with van der Waals surface area (Å²) < 4.78 is 0. The van der Waals surface area contributed by atoms with Gasteiger partial charge in [0.05, 0.1) is 12.1 Å². The molecule has 0 radical (unpaired) electrons. The van der Waals surface area contributed by atoms with Gasteiger partial charge in [-0.05, 0) is 18.8 Å². The van der Waals surface area contributed by atoms with Gasteiger partial charge in [-0.25, -0.2) is 4.98 Å². The maximum absolute atomic E-state index is 11.8. The van der Waals surface area contributed by atoms with Crippen molar-refractivity contribution >= 4 is 22.4 Å². The van der Waals surface area contributed by atoms with Gasteiger partial charge in [-0.15, -0.1) is 11.3 Å². The van der Waals surface area contributed by atoms with Gasteiger partial charge in [-0.2, -0.15) is 0 Å². The lowest BCUT2D eigenvalue weighted by molar-refractivity contribution is -0.121. The van der Waals surface area contributed by atoms with Gasteiger partial charge in [0.2, 0.25) is 5.91 Å². The standard InChI is InChI=1S/C12H19N3OS/c1-8-3-2-4-9(5-8)14-11(16)6-10-7-17-12(13)15-10/h7-9H,2-6H2,1H3,(H2,13,15)(H,14,16). The Morgan fingerprint density at radius 2 is 2.47 bits per heavy atom. The Balaban J connectivity index is 1.80. The van der Waals surface area contributed by atoms with E-state index in [-0.39, 0.29) is 5.91 Å². The lowest BCUT2D eigenvalue weighted by Gasteiger charge is -2.27. The number of hydrogen-bond acceptors (Lipinski definition) is 4. The molecule has 1 amide bonds. The molecule has 4 nitrogen and oxygen atoms in total. The largest absolute Gasteiger partial charge is 0.375 e. The predicted octanol–water partition coefficient (Wildman–Crippen LogP) is 1.96. The highest BCUT2D eigenvalue weighted by Gasteiger charge is 2.20. The highest BCUT2D eigenvalue weighted by atomic mass is 32.1. The maximum atomic E-state index is 11.8. The smallest absolute Gasteiger partial charge is 0.226 e. The lowest BCUT2D eigenvalue weighted by Crippen LogP contribution is -2.38. The number of rotatable bonds is 3. The monoisotopic (exact) mass is 253 g/mol. The van der Waals surface area contributed by atoms with Crippen LogP contribution in [0.3, 0.4) is 0 Å². The minimum Gasteiger partial charge on any atom is -0.375 e. The highest BCUT2D eigenvalue weighted by molar-refractivity contribution is 7.13. The molecule has 1 aromatic heterocycles. The molecule has 0 aromatic carbocycles. The van der Waals surface area contributed by atoms with E-state index in [1.807, 2.05) is 5.38 Å². The first kappa shape index (κ1) is 12.4. The molecule has 2 unspecified atom stereocenters. The van der Waals surface area contributed by atoms with Crippen molar-refractivity contribution in [3.63, 3.8) is 0 Å². The van der Waals surface area contributed by atoms with E-state index in [1.165, 1.54) is 24.2 Å². The van der Waals surface area contributed by atoms with E-state index in [1.54, 1.807) is 0 Å². The summed E-state index contributed by atoms with van der Waals surface area (Å²) in [6, 6.07) is 0.349. The van der Waals surface area contributed by atoms with Crippen LogP contribution in [-0.2, 0) is 11.2 Å². The van der Waals surface area contributed by atoms with Gasteiger partial charge in [0.1, 0.15) is 0 Å². The molecule has 5 heteroatoms. The van der Waals surface area contributed by atoms with Crippen LogP contribution in [0.4, 0.5) is 5.13 Å². The zero-order valence-corrected chi connectivity index (χ0v) is 10.9. The summed E-state index contributed by atoms with van der Waals surface area (Å²) >= 11 is 1.38. The Morgan fingerprint density at radius 1 is 1.65 bits per heavy atom. The van der Waals surface area contributed by atoms with E-state index in [0.717, 1.165) is 24.5 Å². The fourth-order valence-corrected chi connectivity index (χ4v) is 2.98. The molecule has 0 saturated heterocycles. The average Bonchev–Trinajstić information content (AvgIpc) is 2.63. The Labute approximate surface area is 106 Å². The van der Waals surface area contributed by atoms with Gasteiger partial charge < -0.3 is 11.1 Å². The van der Waals surface area contributed by atoms with E-state index in [0.29, 0.717) is 17.6 Å². The Bertz CT molecular complexity index is 391. The summed E-state index contributed by atoms with van der Waals surface area (Å²) in [5, 5.41) is 5.46. The van der Waals surface area contributed by atoms with Gasteiger partial charge in [0, 0.05) is 11.4 Å². The summed E-state index contributed by atoms with van der Waals surface area (Å²) in [5.74, 6) is 0.790. The fraction of sp³-hybridized carbons (Fsp3) is 0.667. The molecule has 1 saturated carbocycles. The molecule has 94 valence electrons. The van der Waals surface area contributed by atoms with Gasteiger partial charge in [-0.1, -0.05) is 19.8 Å². The maximum Gasteiger partial charge on any atom is 0.226 e. The SMILES string of the molecule is CC1CCCC(NC(=O)Cc2csc(N)n2)C1. The van der Waals surface area contributed by atoms with Crippen molar-refractivity contribution in [2.45, 2.75) is 45.1 Å². The van der Waals surface area contributed by atoms with Crippen LogP contribution in [0.5, 0.6) is 0 Å². The molecule has 2 atom stereocenters. The van der Waals surface area contributed by atoms with Crippen molar-refractivity contribution in [2.75, 3.05) is 5.73 Å². The number of nitrogens with zero attached hydrogens (tertiary/aromatic N) is 1. The number of nitrogen functional groups attached to an aromatic ring is 1. The minimum atomic E-state index is 0.0643. The van der Waals surface area contributed by atoms with Crippen LogP contribution >= 0.6 is 11.3 Å². The molecule has 0 spiro atoms. The van der Waals surface area contributed by atoms with Crippen LogP contribution in [0.2, 0.25) is 0 Å². The van der Waals surface area contributed by atoms with Crippen LogP contribution in [0.1, 0.15) is 38.3 Å². The van der Waals surface area contributed by atoms with Crippen molar-refractivity contribution < 1.29 is 4.79 Å².